The summed E-state index contributed by atoms with van der Waals surface area (Å²) in [7, 11) is 0. The Balaban J connectivity index is 2.78. The van der Waals surface area contributed by atoms with Crippen LogP contribution in [0.15, 0.2) is 36.4 Å². The van der Waals surface area contributed by atoms with Crippen molar-refractivity contribution in [2.75, 3.05) is 0 Å². The molecule has 1 unspecified atom stereocenters. The monoisotopic (exact) mass is 315 g/mol. The molecule has 4 nitrogen and oxygen atoms in total. The van der Waals surface area contributed by atoms with Crippen LogP contribution in [0, 0.1) is 0 Å². The summed E-state index contributed by atoms with van der Waals surface area (Å²) >= 11 is 0. The first kappa shape index (κ1) is 17.7. The van der Waals surface area contributed by atoms with Crippen molar-refractivity contribution in [3.05, 3.63) is 47.5 Å². The van der Waals surface area contributed by atoms with Gasteiger partial charge in [-0.2, -0.15) is 13.2 Å². The van der Waals surface area contributed by atoms with E-state index >= 15 is 0 Å². The molecule has 2 N–H and O–H groups in total. The number of nitrogens with one attached hydrogen (secondary N) is 1. The largest absolute Gasteiger partial charge is 0.478 e. The number of carboxylic acids is 1. The lowest BCUT2D eigenvalue weighted by molar-refractivity contribution is -0.137. The van der Waals surface area contributed by atoms with Gasteiger partial charge in [0.1, 0.15) is 0 Å². The fraction of sp³-hybridized carbons (Fsp3) is 0.333. The quantitative estimate of drug-likeness (QED) is 0.792. The number of aliphatic carboxylic acids is 1. The minimum Gasteiger partial charge on any atom is -0.478 e. The minimum atomic E-state index is -4.41. The summed E-state index contributed by atoms with van der Waals surface area (Å²) in [6, 6.07) is 3.99. The van der Waals surface area contributed by atoms with Crippen LogP contribution in [0.4, 0.5) is 13.2 Å². The van der Waals surface area contributed by atoms with E-state index in [9.17, 15) is 22.8 Å². The van der Waals surface area contributed by atoms with Crippen LogP contribution in [0.1, 0.15) is 36.9 Å². The smallest absolute Gasteiger partial charge is 0.416 e. The number of hydrogen-bond acceptors (Lipinski definition) is 2. The van der Waals surface area contributed by atoms with Gasteiger partial charge in [0, 0.05) is 5.57 Å². The van der Waals surface area contributed by atoms with E-state index in [4.69, 9.17) is 5.11 Å². The second kappa shape index (κ2) is 7.11. The standard InChI is InChI=1S/C15H16F3NO3/c1-3-12(19-13(20)8-9(2)14(21)22)10-4-6-11(7-5-10)15(16,17)18/h4-7,12H,2-3,8H2,1H3,(H,19,20)(H,21,22). The Bertz CT molecular complexity index is 564. The average molecular weight is 315 g/mol. The summed E-state index contributed by atoms with van der Waals surface area (Å²) in [5.41, 5.74) is -0.499. The average Bonchev–Trinajstić information content (AvgIpc) is 2.43. The van der Waals surface area contributed by atoms with Gasteiger partial charge in [0.2, 0.25) is 5.91 Å². The van der Waals surface area contributed by atoms with Gasteiger partial charge in [-0.1, -0.05) is 25.6 Å². The van der Waals surface area contributed by atoms with E-state index in [1.54, 1.807) is 6.92 Å². The lowest BCUT2D eigenvalue weighted by atomic mass is 10.0. The Kier molecular flexibility index (Phi) is 5.73. The molecule has 0 saturated heterocycles. The highest BCUT2D eigenvalue weighted by Crippen LogP contribution is 2.30. The summed E-state index contributed by atoms with van der Waals surface area (Å²) < 4.78 is 37.5. The van der Waals surface area contributed by atoms with E-state index in [0.717, 1.165) is 12.1 Å². The Morgan fingerprint density at radius 3 is 2.23 bits per heavy atom. The number of carbonyl (C=O) groups excluding carboxylic acids is 1. The molecule has 22 heavy (non-hydrogen) atoms. The zero-order valence-electron chi connectivity index (χ0n) is 11.9. The Morgan fingerprint density at radius 2 is 1.82 bits per heavy atom. The molecular formula is C15H16F3NO3. The van der Waals surface area contributed by atoms with Gasteiger partial charge < -0.3 is 10.4 Å². The van der Waals surface area contributed by atoms with Crippen LogP contribution in [0.25, 0.3) is 0 Å². The number of carboxylic acid groups (broad SMARTS) is 1. The lowest BCUT2D eigenvalue weighted by Crippen LogP contribution is -2.29. The van der Waals surface area contributed by atoms with Crippen molar-refractivity contribution in [2.24, 2.45) is 0 Å². The first-order valence-corrected chi connectivity index (χ1v) is 6.52. The molecule has 0 aliphatic heterocycles. The van der Waals surface area contributed by atoms with Gasteiger partial charge in [-0.25, -0.2) is 4.79 Å². The number of alkyl halides is 3. The van der Waals surface area contributed by atoms with Crippen molar-refractivity contribution < 1.29 is 27.9 Å². The van der Waals surface area contributed by atoms with Crippen molar-refractivity contribution >= 4 is 11.9 Å². The Labute approximate surface area is 125 Å². The molecule has 0 aromatic heterocycles. The maximum absolute atomic E-state index is 12.5. The van der Waals surface area contributed by atoms with Crippen LogP contribution < -0.4 is 5.32 Å². The summed E-state index contributed by atoms with van der Waals surface area (Å²) in [4.78, 5) is 22.3. The number of carbonyl (C=O) groups is 2. The first-order valence-electron chi connectivity index (χ1n) is 6.52. The van der Waals surface area contributed by atoms with E-state index in [1.165, 1.54) is 12.1 Å². The highest BCUT2D eigenvalue weighted by Gasteiger charge is 2.30. The molecule has 0 bridgehead atoms. The molecule has 1 atom stereocenters. The predicted octanol–water partition coefficient (Wildman–Crippen LogP) is 3.30. The minimum absolute atomic E-state index is 0.250. The molecular weight excluding hydrogens is 299 g/mol. The molecule has 1 aromatic carbocycles. The third kappa shape index (κ3) is 4.91. The van der Waals surface area contributed by atoms with Gasteiger partial charge in [-0.15, -0.1) is 0 Å². The van der Waals surface area contributed by atoms with E-state index in [0.29, 0.717) is 12.0 Å². The van der Waals surface area contributed by atoms with Gasteiger partial charge >= 0.3 is 12.1 Å². The first-order chi connectivity index (χ1) is 10.1. The lowest BCUT2D eigenvalue weighted by Gasteiger charge is -2.18. The SMILES string of the molecule is C=C(CC(=O)NC(CC)c1ccc(C(F)(F)F)cc1)C(=O)O. The molecule has 0 aliphatic rings. The van der Waals surface area contributed by atoms with E-state index in [-0.39, 0.29) is 12.0 Å². The highest BCUT2D eigenvalue weighted by atomic mass is 19.4. The van der Waals surface area contributed by atoms with Gasteiger partial charge in [-0.05, 0) is 24.1 Å². The van der Waals surface area contributed by atoms with Crippen molar-refractivity contribution in [3.63, 3.8) is 0 Å². The van der Waals surface area contributed by atoms with E-state index in [1.807, 2.05) is 0 Å². The maximum atomic E-state index is 12.5. The normalized spacial score (nSPS) is 12.5. The second-order valence-corrected chi connectivity index (χ2v) is 4.73. The van der Waals surface area contributed by atoms with Crippen LogP contribution in [0.5, 0.6) is 0 Å². The highest BCUT2D eigenvalue weighted by molar-refractivity contribution is 5.93. The van der Waals surface area contributed by atoms with Gasteiger partial charge in [-0.3, -0.25) is 4.79 Å². The molecule has 1 aromatic rings. The molecule has 1 rings (SSSR count). The van der Waals surface area contributed by atoms with Crippen molar-refractivity contribution in [3.8, 4) is 0 Å². The molecule has 1 amide bonds. The van der Waals surface area contributed by atoms with Gasteiger partial charge in [0.15, 0.2) is 0 Å². The summed E-state index contributed by atoms with van der Waals surface area (Å²) in [5.74, 6) is -1.81. The molecule has 0 heterocycles. The van der Waals surface area contributed by atoms with Crippen LogP contribution >= 0.6 is 0 Å². The predicted molar refractivity (Wildman–Crippen MR) is 74.0 cm³/mol. The molecule has 0 spiro atoms. The third-order valence-electron chi connectivity index (χ3n) is 3.06. The number of hydrogen-bond donors (Lipinski definition) is 2. The zero-order valence-corrected chi connectivity index (χ0v) is 11.9. The third-order valence-corrected chi connectivity index (χ3v) is 3.06. The van der Waals surface area contributed by atoms with E-state index < -0.39 is 29.7 Å². The number of benzene rings is 1. The topological polar surface area (TPSA) is 66.4 Å². The molecule has 7 heteroatoms. The molecule has 120 valence electrons. The van der Waals surface area contributed by atoms with Crippen LogP contribution in [0.3, 0.4) is 0 Å². The number of rotatable bonds is 6. The summed E-state index contributed by atoms with van der Waals surface area (Å²) in [5, 5.41) is 11.2. The van der Waals surface area contributed by atoms with Crippen LogP contribution in [-0.2, 0) is 15.8 Å². The molecule has 0 saturated carbocycles. The summed E-state index contributed by atoms with van der Waals surface area (Å²) in [6.45, 7) is 5.01. The second-order valence-electron chi connectivity index (χ2n) is 4.73. The van der Waals surface area contributed by atoms with Gasteiger partial charge in [0.25, 0.3) is 0 Å². The Morgan fingerprint density at radius 1 is 1.27 bits per heavy atom. The van der Waals surface area contributed by atoms with Crippen molar-refractivity contribution in [2.45, 2.75) is 32.0 Å². The molecule has 0 radical (unpaired) electrons. The number of amides is 1. The summed E-state index contributed by atoms with van der Waals surface area (Å²) in [6.07, 6.45) is -4.33. The number of halogens is 3. The van der Waals surface area contributed by atoms with Crippen molar-refractivity contribution in [1.82, 2.24) is 5.32 Å². The van der Waals surface area contributed by atoms with Crippen LogP contribution in [-0.4, -0.2) is 17.0 Å². The molecule has 0 fully saturated rings. The fourth-order valence-electron chi connectivity index (χ4n) is 1.84. The fourth-order valence-corrected chi connectivity index (χ4v) is 1.84. The van der Waals surface area contributed by atoms with E-state index in [2.05, 4.69) is 11.9 Å². The van der Waals surface area contributed by atoms with Gasteiger partial charge in [0.05, 0.1) is 18.0 Å². The zero-order chi connectivity index (χ0) is 16.9. The maximum Gasteiger partial charge on any atom is 0.416 e. The van der Waals surface area contributed by atoms with Crippen molar-refractivity contribution in [1.29, 1.82) is 0 Å². The Hall–Kier alpha value is -2.31. The van der Waals surface area contributed by atoms with Crippen LogP contribution in [0.2, 0.25) is 0 Å². The molecule has 0 aliphatic carbocycles.